The zero-order chi connectivity index (χ0) is 24.0. The maximum absolute atomic E-state index is 15.3. The number of likely N-dealkylation sites (N-methyl/N-ethyl adjacent to an activating group) is 1. The standard InChI is InChI=1S/C21H34FN7O3S/c1-13-12-29(9-8-28(13)2)18-16(22)17(24-20(25-18)33-3)26-27-19(30)15(11-23-21(31)32)10-14-6-4-5-7-14/h13-15,23H,4-12H2,1-3H3,(H,27,30)(H,31,32)(H,24,25,26)/t13-,15-/m1/s1. The second-order valence-electron chi connectivity index (χ2n) is 8.86. The van der Waals surface area contributed by atoms with Crippen LogP contribution in [0.5, 0.6) is 0 Å². The van der Waals surface area contributed by atoms with Gasteiger partial charge in [-0.15, -0.1) is 0 Å². The van der Waals surface area contributed by atoms with Crippen molar-refractivity contribution >= 4 is 35.4 Å². The molecular weight excluding hydrogens is 449 g/mol. The Morgan fingerprint density at radius 1 is 1.27 bits per heavy atom. The molecule has 1 aliphatic carbocycles. The lowest BCUT2D eigenvalue weighted by molar-refractivity contribution is -0.124. The SMILES string of the molecule is CSc1nc(NNC(=O)[C@@H](CNC(=O)O)CC2CCCC2)c(F)c(N2CCN(C)[C@H](C)C2)n1. The van der Waals surface area contributed by atoms with Gasteiger partial charge in [0.15, 0.2) is 16.8 Å². The van der Waals surface area contributed by atoms with Crippen LogP contribution in [0, 0.1) is 17.7 Å². The number of thioether (sulfide) groups is 1. The van der Waals surface area contributed by atoms with Crippen LogP contribution >= 0.6 is 11.8 Å². The van der Waals surface area contributed by atoms with Gasteiger partial charge in [0.05, 0.1) is 5.92 Å². The molecule has 0 spiro atoms. The van der Waals surface area contributed by atoms with Crippen molar-refractivity contribution in [3.8, 4) is 0 Å². The number of rotatable bonds is 9. The van der Waals surface area contributed by atoms with E-state index in [1.807, 2.05) is 11.9 Å². The molecule has 1 saturated heterocycles. The number of hydrazine groups is 1. The van der Waals surface area contributed by atoms with E-state index >= 15 is 4.39 Å². The molecule has 2 aliphatic rings. The van der Waals surface area contributed by atoms with Gasteiger partial charge in [0.25, 0.3) is 0 Å². The van der Waals surface area contributed by atoms with E-state index in [0.29, 0.717) is 30.6 Å². The number of nitrogens with zero attached hydrogens (tertiary/aromatic N) is 4. The fraction of sp³-hybridized carbons (Fsp3) is 0.714. The van der Waals surface area contributed by atoms with Gasteiger partial charge in [-0.2, -0.15) is 4.39 Å². The number of carboxylic acid groups (broad SMARTS) is 1. The molecule has 33 heavy (non-hydrogen) atoms. The smallest absolute Gasteiger partial charge is 0.404 e. The third-order valence-electron chi connectivity index (χ3n) is 6.52. The van der Waals surface area contributed by atoms with Crippen LogP contribution in [0.3, 0.4) is 0 Å². The predicted octanol–water partition coefficient (Wildman–Crippen LogP) is 2.39. The molecule has 10 nitrogen and oxygen atoms in total. The Balaban J connectivity index is 1.71. The Bertz CT molecular complexity index is 840. The average Bonchev–Trinajstić information content (AvgIpc) is 3.30. The van der Waals surface area contributed by atoms with Crippen LogP contribution in [-0.2, 0) is 4.79 Å². The summed E-state index contributed by atoms with van der Waals surface area (Å²) in [5, 5.41) is 11.7. The lowest BCUT2D eigenvalue weighted by Gasteiger charge is -2.38. The molecule has 1 aliphatic heterocycles. The van der Waals surface area contributed by atoms with Gasteiger partial charge in [-0.05, 0) is 32.6 Å². The molecule has 2 heterocycles. The maximum Gasteiger partial charge on any atom is 0.404 e. The molecule has 3 rings (SSSR count). The Kier molecular flexibility index (Phi) is 8.95. The second kappa shape index (κ2) is 11.7. The zero-order valence-corrected chi connectivity index (χ0v) is 20.3. The highest BCUT2D eigenvalue weighted by Crippen LogP contribution is 2.31. The first-order valence-corrected chi connectivity index (χ1v) is 12.6. The van der Waals surface area contributed by atoms with Crippen molar-refractivity contribution in [3.05, 3.63) is 5.82 Å². The number of anilines is 2. The number of carbonyl (C=O) groups is 2. The number of carbonyl (C=O) groups excluding carboxylic acids is 1. The van der Waals surface area contributed by atoms with E-state index < -0.39 is 23.7 Å². The second-order valence-corrected chi connectivity index (χ2v) is 9.63. The van der Waals surface area contributed by atoms with Crippen molar-refractivity contribution in [1.29, 1.82) is 0 Å². The molecule has 184 valence electrons. The normalized spacial score (nSPS) is 20.5. The van der Waals surface area contributed by atoms with E-state index in [1.165, 1.54) is 11.8 Å². The molecule has 0 bridgehead atoms. The largest absolute Gasteiger partial charge is 0.465 e. The maximum atomic E-state index is 15.3. The van der Waals surface area contributed by atoms with Gasteiger partial charge >= 0.3 is 6.09 Å². The van der Waals surface area contributed by atoms with E-state index in [9.17, 15) is 9.59 Å². The number of piperazine rings is 1. The summed E-state index contributed by atoms with van der Waals surface area (Å²) in [6.07, 6.45) is 5.54. The Hall–Kier alpha value is -2.34. The molecule has 2 amide bonds. The number of hydrogen-bond acceptors (Lipinski definition) is 8. The van der Waals surface area contributed by atoms with Gasteiger partial charge in [0.1, 0.15) is 0 Å². The Morgan fingerprint density at radius 3 is 2.64 bits per heavy atom. The van der Waals surface area contributed by atoms with Crippen LogP contribution in [-0.4, -0.2) is 77.5 Å². The summed E-state index contributed by atoms with van der Waals surface area (Å²) >= 11 is 1.29. The van der Waals surface area contributed by atoms with Crippen LogP contribution in [0.25, 0.3) is 0 Å². The van der Waals surface area contributed by atoms with Crippen molar-refractivity contribution in [2.24, 2.45) is 11.8 Å². The van der Waals surface area contributed by atoms with E-state index in [0.717, 1.165) is 32.2 Å². The van der Waals surface area contributed by atoms with Gasteiger partial charge < -0.3 is 20.2 Å². The van der Waals surface area contributed by atoms with Crippen LogP contribution < -0.4 is 21.1 Å². The fourth-order valence-electron chi connectivity index (χ4n) is 4.40. The topological polar surface area (TPSA) is 123 Å². The average molecular weight is 484 g/mol. The summed E-state index contributed by atoms with van der Waals surface area (Å²) in [6.45, 7) is 4.15. The first-order chi connectivity index (χ1) is 15.8. The highest BCUT2D eigenvalue weighted by Gasteiger charge is 2.28. The molecular formula is C21H34FN7O3S. The molecule has 4 N–H and O–H groups in total. The molecule has 0 aromatic carbocycles. The predicted molar refractivity (Wildman–Crippen MR) is 126 cm³/mol. The monoisotopic (exact) mass is 483 g/mol. The molecule has 2 fully saturated rings. The van der Waals surface area contributed by atoms with E-state index in [2.05, 4.69) is 38.0 Å². The zero-order valence-electron chi connectivity index (χ0n) is 19.4. The van der Waals surface area contributed by atoms with Gasteiger partial charge in [0.2, 0.25) is 11.7 Å². The van der Waals surface area contributed by atoms with Crippen molar-refractivity contribution < 1.29 is 19.1 Å². The van der Waals surface area contributed by atoms with Gasteiger partial charge in [-0.25, -0.2) is 14.8 Å². The molecule has 1 aromatic rings. The van der Waals surface area contributed by atoms with Crippen LogP contribution in [0.15, 0.2) is 5.16 Å². The quantitative estimate of drug-likeness (QED) is 0.238. The number of halogens is 1. The number of aromatic nitrogens is 2. The van der Waals surface area contributed by atoms with E-state index in [4.69, 9.17) is 5.11 Å². The third kappa shape index (κ3) is 6.83. The minimum absolute atomic E-state index is 0.00605. The van der Waals surface area contributed by atoms with Crippen molar-refractivity contribution in [2.45, 2.75) is 50.2 Å². The number of hydrogen-bond donors (Lipinski definition) is 4. The molecule has 0 radical (unpaired) electrons. The summed E-state index contributed by atoms with van der Waals surface area (Å²) in [4.78, 5) is 36.5. The van der Waals surface area contributed by atoms with Crippen LogP contribution in [0.1, 0.15) is 39.0 Å². The highest BCUT2D eigenvalue weighted by atomic mass is 32.2. The lowest BCUT2D eigenvalue weighted by Crippen LogP contribution is -2.50. The van der Waals surface area contributed by atoms with Crippen LogP contribution in [0.2, 0.25) is 0 Å². The van der Waals surface area contributed by atoms with Crippen molar-refractivity contribution in [1.82, 2.24) is 25.6 Å². The van der Waals surface area contributed by atoms with Gasteiger partial charge in [-0.3, -0.25) is 15.6 Å². The Labute approximate surface area is 198 Å². The Morgan fingerprint density at radius 2 is 2.00 bits per heavy atom. The van der Waals surface area contributed by atoms with Crippen molar-refractivity contribution in [3.63, 3.8) is 0 Å². The summed E-state index contributed by atoms with van der Waals surface area (Å²) in [7, 11) is 2.04. The lowest BCUT2D eigenvalue weighted by atomic mass is 9.92. The number of amides is 2. The first kappa shape index (κ1) is 25.3. The molecule has 2 atom stereocenters. The summed E-state index contributed by atoms with van der Waals surface area (Å²) in [5.74, 6) is -1.08. The van der Waals surface area contributed by atoms with Crippen LogP contribution in [0.4, 0.5) is 20.8 Å². The summed E-state index contributed by atoms with van der Waals surface area (Å²) in [6, 6.07) is 0.250. The highest BCUT2D eigenvalue weighted by molar-refractivity contribution is 7.98. The molecule has 0 unspecified atom stereocenters. The molecule has 12 heteroatoms. The first-order valence-electron chi connectivity index (χ1n) is 11.4. The molecule has 1 saturated carbocycles. The van der Waals surface area contributed by atoms with E-state index in [-0.39, 0.29) is 24.2 Å². The minimum atomic E-state index is -1.18. The van der Waals surface area contributed by atoms with Crippen molar-refractivity contribution in [2.75, 3.05) is 49.8 Å². The number of nitrogens with one attached hydrogen (secondary N) is 3. The fourth-order valence-corrected chi connectivity index (χ4v) is 4.76. The van der Waals surface area contributed by atoms with Gasteiger partial charge in [0, 0.05) is 32.2 Å². The minimum Gasteiger partial charge on any atom is -0.465 e. The van der Waals surface area contributed by atoms with Gasteiger partial charge in [-0.1, -0.05) is 37.4 Å². The summed E-state index contributed by atoms with van der Waals surface area (Å²) in [5.41, 5.74) is 5.18. The van der Waals surface area contributed by atoms with E-state index in [1.54, 1.807) is 6.26 Å². The summed E-state index contributed by atoms with van der Waals surface area (Å²) < 4.78 is 15.3. The molecule has 1 aromatic heterocycles. The third-order valence-corrected chi connectivity index (χ3v) is 7.07.